The van der Waals surface area contributed by atoms with Crippen molar-refractivity contribution in [2.45, 2.75) is 20.4 Å². The number of piperazine rings is 1. The van der Waals surface area contributed by atoms with Crippen LogP contribution in [-0.2, 0) is 16.1 Å². The van der Waals surface area contributed by atoms with Gasteiger partial charge in [-0.15, -0.1) is 11.3 Å². The van der Waals surface area contributed by atoms with Crippen LogP contribution in [0, 0.1) is 6.92 Å². The van der Waals surface area contributed by atoms with Gasteiger partial charge >= 0.3 is 0 Å². The van der Waals surface area contributed by atoms with E-state index in [2.05, 4.69) is 30.6 Å². The van der Waals surface area contributed by atoms with Crippen molar-refractivity contribution in [3.8, 4) is 0 Å². The predicted octanol–water partition coefficient (Wildman–Crippen LogP) is 1.15. The molecule has 0 radical (unpaired) electrons. The number of amides is 2. The van der Waals surface area contributed by atoms with Crippen LogP contribution in [-0.4, -0.2) is 64.5 Å². The summed E-state index contributed by atoms with van der Waals surface area (Å²) in [5.74, 6) is 0.909. The number of rotatable bonds is 6. The highest BCUT2D eigenvalue weighted by Crippen LogP contribution is 2.17. The van der Waals surface area contributed by atoms with E-state index in [9.17, 15) is 9.59 Å². The van der Waals surface area contributed by atoms with Gasteiger partial charge in [-0.25, -0.2) is 4.98 Å². The molecule has 2 N–H and O–H groups in total. The molecule has 3 rings (SSSR count). The van der Waals surface area contributed by atoms with Crippen LogP contribution in [0.4, 0.5) is 10.9 Å². The lowest BCUT2D eigenvalue weighted by Gasteiger charge is -2.33. The monoisotopic (exact) mass is 378 g/mol. The van der Waals surface area contributed by atoms with E-state index in [4.69, 9.17) is 4.52 Å². The Labute approximate surface area is 155 Å². The molecule has 0 unspecified atom stereocenters. The first-order valence-electron chi connectivity index (χ1n) is 8.38. The molecule has 0 spiro atoms. The van der Waals surface area contributed by atoms with Gasteiger partial charge in [0.15, 0.2) is 10.9 Å². The van der Waals surface area contributed by atoms with Gasteiger partial charge in [0.25, 0.3) is 0 Å². The third kappa shape index (κ3) is 5.35. The van der Waals surface area contributed by atoms with Crippen molar-refractivity contribution in [3.05, 3.63) is 22.9 Å². The Morgan fingerprint density at radius 3 is 2.62 bits per heavy atom. The van der Waals surface area contributed by atoms with E-state index in [0.29, 0.717) is 23.3 Å². The lowest BCUT2D eigenvalue weighted by molar-refractivity contribution is -0.118. The molecule has 1 aliphatic rings. The number of carbonyl (C=O) groups excluding carboxylic acids is 2. The lowest BCUT2D eigenvalue weighted by Crippen LogP contribution is -2.48. The van der Waals surface area contributed by atoms with Crippen LogP contribution < -0.4 is 10.6 Å². The number of nitrogens with one attached hydrogen (secondary N) is 2. The Balaban J connectivity index is 1.40. The van der Waals surface area contributed by atoms with Gasteiger partial charge in [0.05, 0.1) is 12.2 Å². The number of carbonyl (C=O) groups is 2. The predicted molar refractivity (Wildman–Crippen MR) is 98.0 cm³/mol. The Kier molecular flexibility index (Phi) is 5.96. The van der Waals surface area contributed by atoms with Crippen molar-refractivity contribution in [1.82, 2.24) is 19.9 Å². The highest BCUT2D eigenvalue weighted by Gasteiger charge is 2.20. The second-order valence-electron chi connectivity index (χ2n) is 6.25. The van der Waals surface area contributed by atoms with Gasteiger partial charge in [0, 0.05) is 51.1 Å². The average Bonchev–Trinajstić information content (AvgIpc) is 3.17. The number of thiazole rings is 1. The van der Waals surface area contributed by atoms with E-state index in [1.807, 2.05) is 5.38 Å². The number of aryl methyl sites for hydroxylation is 1. The molecule has 1 fully saturated rings. The van der Waals surface area contributed by atoms with Gasteiger partial charge in [0.2, 0.25) is 11.8 Å². The molecule has 10 heteroatoms. The normalized spacial score (nSPS) is 15.8. The quantitative estimate of drug-likeness (QED) is 0.777. The first-order chi connectivity index (χ1) is 12.5. The molecule has 2 aromatic heterocycles. The molecule has 26 heavy (non-hydrogen) atoms. The standard InChI is InChI=1S/C16H22N6O3S/c1-11-7-14(20-25-11)19-15(24)9-22-5-3-21(4-6-22)8-13-10-26-16(18-13)17-12(2)23/h7,10H,3-6,8-9H2,1-2H3,(H,17,18,23)(H,19,20,24). The second-order valence-corrected chi connectivity index (χ2v) is 7.11. The maximum Gasteiger partial charge on any atom is 0.239 e. The minimum absolute atomic E-state index is 0.0915. The van der Waals surface area contributed by atoms with Crippen LogP contribution in [0.5, 0.6) is 0 Å². The first kappa shape index (κ1) is 18.5. The molecular weight excluding hydrogens is 356 g/mol. The smallest absolute Gasteiger partial charge is 0.239 e. The molecule has 0 bridgehead atoms. The van der Waals surface area contributed by atoms with Crippen LogP contribution in [0.3, 0.4) is 0 Å². The number of nitrogens with zero attached hydrogens (tertiary/aromatic N) is 4. The number of anilines is 2. The van der Waals surface area contributed by atoms with Gasteiger partial charge in [-0.05, 0) is 6.92 Å². The molecule has 2 amide bonds. The van der Waals surface area contributed by atoms with E-state index >= 15 is 0 Å². The summed E-state index contributed by atoms with van der Waals surface area (Å²) < 4.78 is 4.94. The van der Waals surface area contributed by atoms with Gasteiger partial charge in [-0.2, -0.15) is 0 Å². The summed E-state index contributed by atoms with van der Waals surface area (Å²) in [7, 11) is 0. The molecular formula is C16H22N6O3S. The molecule has 0 saturated carbocycles. The van der Waals surface area contributed by atoms with Gasteiger partial charge in [-0.1, -0.05) is 5.16 Å². The summed E-state index contributed by atoms with van der Waals surface area (Å²) in [6.45, 7) is 7.69. The summed E-state index contributed by atoms with van der Waals surface area (Å²) in [6, 6.07) is 1.69. The summed E-state index contributed by atoms with van der Waals surface area (Å²) in [4.78, 5) is 31.9. The summed E-state index contributed by atoms with van der Waals surface area (Å²) in [5.41, 5.74) is 0.950. The Bertz CT molecular complexity index is 766. The van der Waals surface area contributed by atoms with Crippen molar-refractivity contribution in [1.29, 1.82) is 0 Å². The van der Waals surface area contributed by atoms with Crippen molar-refractivity contribution < 1.29 is 14.1 Å². The molecule has 0 atom stereocenters. The molecule has 0 aliphatic carbocycles. The van der Waals surface area contributed by atoms with Gasteiger partial charge in [-0.3, -0.25) is 19.4 Å². The lowest BCUT2D eigenvalue weighted by atomic mass is 10.3. The van der Waals surface area contributed by atoms with E-state index in [-0.39, 0.29) is 11.8 Å². The largest absolute Gasteiger partial charge is 0.360 e. The first-order valence-corrected chi connectivity index (χ1v) is 9.26. The third-order valence-electron chi connectivity index (χ3n) is 3.95. The number of aromatic nitrogens is 2. The molecule has 1 aliphatic heterocycles. The summed E-state index contributed by atoms with van der Waals surface area (Å²) in [5, 5.41) is 11.8. The fourth-order valence-electron chi connectivity index (χ4n) is 2.73. The Morgan fingerprint density at radius 1 is 1.23 bits per heavy atom. The number of hydrogen-bond acceptors (Lipinski definition) is 8. The molecule has 2 aromatic rings. The zero-order valence-electron chi connectivity index (χ0n) is 14.8. The number of hydrogen-bond donors (Lipinski definition) is 2. The zero-order chi connectivity index (χ0) is 18.5. The topological polar surface area (TPSA) is 104 Å². The molecule has 140 valence electrons. The highest BCUT2D eigenvalue weighted by molar-refractivity contribution is 7.13. The molecule has 0 aromatic carbocycles. The zero-order valence-corrected chi connectivity index (χ0v) is 15.6. The van der Waals surface area contributed by atoms with Crippen LogP contribution >= 0.6 is 11.3 Å². The molecule has 1 saturated heterocycles. The highest BCUT2D eigenvalue weighted by atomic mass is 32.1. The fraction of sp³-hybridized carbons (Fsp3) is 0.500. The van der Waals surface area contributed by atoms with Gasteiger partial charge < -0.3 is 15.2 Å². The average molecular weight is 378 g/mol. The minimum Gasteiger partial charge on any atom is -0.360 e. The fourth-order valence-corrected chi connectivity index (χ4v) is 3.48. The maximum absolute atomic E-state index is 12.1. The van der Waals surface area contributed by atoms with Crippen molar-refractivity contribution in [2.75, 3.05) is 43.4 Å². The van der Waals surface area contributed by atoms with Crippen LogP contribution in [0.1, 0.15) is 18.4 Å². The Morgan fingerprint density at radius 2 is 1.96 bits per heavy atom. The minimum atomic E-state index is -0.112. The summed E-state index contributed by atoms with van der Waals surface area (Å²) in [6.07, 6.45) is 0. The molecule has 9 nitrogen and oxygen atoms in total. The maximum atomic E-state index is 12.1. The van der Waals surface area contributed by atoms with Crippen LogP contribution in [0.25, 0.3) is 0 Å². The van der Waals surface area contributed by atoms with E-state index < -0.39 is 0 Å². The Hall–Kier alpha value is -2.30. The van der Waals surface area contributed by atoms with Crippen molar-refractivity contribution >= 4 is 34.1 Å². The van der Waals surface area contributed by atoms with Gasteiger partial charge in [0.1, 0.15) is 5.76 Å². The van der Waals surface area contributed by atoms with Crippen LogP contribution in [0.2, 0.25) is 0 Å². The van der Waals surface area contributed by atoms with Crippen molar-refractivity contribution in [2.24, 2.45) is 0 Å². The second kappa shape index (κ2) is 8.39. The van der Waals surface area contributed by atoms with Crippen molar-refractivity contribution in [3.63, 3.8) is 0 Å². The van der Waals surface area contributed by atoms with E-state index in [1.54, 1.807) is 13.0 Å². The van der Waals surface area contributed by atoms with E-state index in [1.165, 1.54) is 18.3 Å². The van der Waals surface area contributed by atoms with E-state index in [0.717, 1.165) is 38.4 Å². The SMILES string of the molecule is CC(=O)Nc1nc(CN2CCN(CC(=O)Nc3cc(C)on3)CC2)cs1. The summed E-state index contributed by atoms with van der Waals surface area (Å²) >= 11 is 1.43. The third-order valence-corrected chi connectivity index (χ3v) is 4.75. The van der Waals surface area contributed by atoms with Crippen LogP contribution in [0.15, 0.2) is 16.0 Å². The molecule has 3 heterocycles.